The zero-order valence-corrected chi connectivity index (χ0v) is 11.2. The number of nitrogens with zero attached hydrogens (tertiary/aromatic N) is 2. The van der Waals surface area contributed by atoms with Crippen LogP contribution < -0.4 is 0 Å². The number of hydrogen-bond acceptors (Lipinski definition) is 2. The molecule has 3 nitrogen and oxygen atoms in total. The maximum Gasteiger partial charge on any atom is 0.219 e. The van der Waals surface area contributed by atoms with E-state index in [2.05, 4.69) is 43.3 Å². The summed E-state index contributed by atoms with van der Waals surface area (Å²) >= 11 is 0. The summed E-state index contributed by atoms with van der Waals surface area (Å²) in [5, 5.41) is 0. The van der Waals surface area contributed by atoms with Crippen LogP contribution in [0.2, 0.25) is 0 Å². The number of amides is 1. The SMILES string of the molecule is CC(=O)N(C)Cc1cccc(CCN(C)C)c1. The largest absolute Gasteiger partial charge is 0.342 e. The molecular weight excluding hydrogens is 212 g/mol. The number of carbonyl (C=O) groups excluding carboxylic acids is 1. The molecule has 0 saturated heterocycles. The topological polar surface area (TPSA) is 23.6 Å². The molecule has 0 aliphatic carbocycles. The number of hydrogen-bond donors (Lipinski definition) is 0. The maximum absolute atomic E-state index is 11.2. The third-order valence-electron chi connectivity index (χ3n) is 2.80. The van der Waals surface area contributed by atoms with Gasteiger partial charge in [-0.3, -0.25) is 4.79 Å². The third-order valence-corrected chi connectivity index (χ3v) is 2.80. The van der Waals surface area contributed by atoms with Crippen LogP contribution in [-0.4, -0.2) is 43.4 Å². The van der Waals surface area contributed by atoms with Gasteiger partial charge in [0.05, 0.1) is 0 Å². The molecule has 1 amide bonds. The summed E-state index contributed by atoms with van der Waals surface area (Å²) in [6, 6.07) is 8.45. The Morgan fingerprint density at radius 2 is 1.82 bits per heavy atom. The molecule has 0 spiro atoms. The molecule has 0 N–H and O–H groups in total. The van der Waals surface area contributed by atoms with Crippen molar-refractivity contribution < 1.29 is 4.79 Å². The zero-order chi connectivity index (χ0) is 12.8. The number of likely N-dealkylation sites (N-methyl/N-ethyl adjacent to an activating group) is 1. The van der Waals surface area contributed by atoms with Gasteiger partial charge in [-0.2, -0.15) is 0 Å². The highest BCUT2D eigenvalue weighted by molar-refractivity contribution is 5.72. The lowest BCUT2D eigenvalue weighted by Crippen LogP contribution is -2.23. The smallest absolute Gasteiger partial charge is 0.219 e. The lowest BCUT2D eigenvalue weighted by molar-refractivity contribution is -0.128. The van der Waals surface area contributed by atoms with E-state index < -0.39 is 0 Å². The van der Waals surface area contributed by atoms with Gasteiger partial charge in [-0.05, 0) is 31.6 Å². The Morgan fingerprint density at radius 1 is 1.18 bits per heavy atom. The van der Waals surface area contributed by atoms with E-state index in [1.54, 1.807) is 11.8 Å². The Hall–Kier alpha value is -1.35. The summed E-state index contributed by atoms with van der Waals surface area (Å²) in [7, 11) is 5.98. The van der Waals surface area contributed by atoms with Crippen LogP contribution in [0, 0.1) is 0 Å². The Balaban J connectivity index is 2.62. The van der Waals surface area contributed by atoms with Crippen molar-refractivity contribution in [2.45, 2.75) is 19.9 Å². The molecule has 0 radical (unpaired) electrons. The fraction of sp³-hybridized carbons (Fsp3) is 0.500. The van der Waals surface area contributed by atoms with Gasteiger partial charge in [-0.15, -0.1) is 0 Å². The van der Waals surface area contributed by atoms with E-state index >= 15 is 0 Å². The summed E-state index contributed by atoms with van der Waals surface area (Å²) < 4.78 is 0. The predicted octanol–water partition coefficient (Wildman–Crippen LogP) is 1.77. The van der Waals surface area contributed by atoms with Gasteiger partial charge in [-0.25, -0.2) is 0 Å². The van der Waals surface area contributed by atoms with Crippen LogP contribution in [0.25, 0.3) is 0 Å². The Bertz CT molecular complexity index is 374. The van der Waals surface area contributed by atoms with Gasteiger partial charge in [0.2, 0.25) is 5.91 Å². The van der Waals surface area contributed by atoms with Crippen LogP contribution in [0.4, 0.5) is 0 Å². The van der Waals surface area contributed by atoms with Crippen molar-refractivity contribution in [1.29, 1.82) is 0 Å². The van der Waals surface area contributed by atoms with Crippen molar-refractivity contribution in [2.75, 3.05) is 27.7 Å². The first-order chi connectivity index (χ1) is 7.99. The van der Waals surface area contributed by atoms with E-state index in [0.29, 0.717) is 6.54 Å². The van der Waals surface area contributed by atoms with E-state index in [9.17, 15) is 4.79 Å². The van der Waals surface area contributed by atoms with Crippen molar-refractivity contribution in [1.82, 2.24) is 9.80 Å². The van der Waals surface area contributed by atoms with Crippen molar-refractivity contribution in [3.8, 4) is 0 Å². The van der Waals surface area contributed by atoms with Crippen LogP contribution in [0.15, 0.2) is 24.3 Å². The van der Waals surface area contributed by atoms with Gasteiger partial charge in [-0.1, -0.05) is 24.3 Å². The van der Waals surface area contributed by atoms with Gasteiger partial charge in [0, 0.05) is 27.1 Å². The maximum atomic E-state index is 11.2. The number of benzene rings is 1. The normalized spacial score (nSPS) is 10.6. The van der Waals surface area contributed by atoms with E-state index in [-0.39, 0.29) is 5.91 Å². The van der Waals surface area contributed by atoms with E-state index in [0.717, 1.165) is 13.0 Å². The zero-order valence-electron chi connectivity index (χ0n) is 11.2. The van der Waals surface area contributed by atoms with Crippen LogP contribution in [0.3, 0.4) is 0 Å². The van der Waals surface area contributed by atoms with Gasteiger partial charge >= 0.3 is 0 Å². The van der Waals surface area contributed by atoms with E-state index in [1.165, 1.54) is 11.1 Å². The van der Waals surface area contributed by atoms with Crippen molar-refractivity contribution in [2.24, 2.45) is 0 Å². The second-order valence-corrected chi connectivity index (χ2v) is 4.75. The molecule has 94 valence electrons. The van der Waals surface area contributed by atoms with Crippen LogP contribution in [0.1, 0.15) is 18.1 Å². The van der Waals surface area contributed by atoms with Crippen LogP contribution in [-0.2, 0) is 17.8 Å². The number of rotatable bonds is 5. The minimum absolute atomic E-state index is 0.101. The second kappa shape index (κ2) is 6.40. The molecule has 0 aliphatic heterocycles. The average Bonchev–Trinajstić information content (AvgIpc) is 2.26. The predicted molar refractivity (Wildman–Crippen MR) is 70.8 cm³/mol. The van der Waals surface area contributed by atoms with Crippen molar-refractivity contribution >= 4 is 5.91 Å². The summed E-state index contributed by atoms with van der Waals surface area (Å²) in [5.41, 5.74) is 2.52. The molecule has 3 heteroatoms. The van der Waals surface area contributed by atoms with Gasteiger partial charge in [0.15, 0.2) is 0 Å². The lowest BCUT2D eigenvalue weighted by Gasteiger charge is -2.15. The minimum Gasteiger partial charge on any atom is -0.342 e. The summed E-state index contributed by atoms with van der Waals surface area (Å²) in [5.74, 6) is 0.101. The third kappa shape index (κ3) is 5.00. The minimum atomic E-state index is 0.101. The summed E-state index contributed by atoms with van der Waals surface area (Å²) in [6.45, 7) is 3.33. The molecule has 1 aromatic carbocycles. The molecule has 0 heterocycles. The molecular formula is C14H22N2O. The van der Waals surface area contributed by atoms with Gasteiger partial charge < -0.3 is 9.80 Å². The quantitative estimate of drug-likeness (QED) is 0.775. The van der Waals surface area contributed by atoms with Crippen molar-refractivity contribution in [3.63, 3.8) is 0 Å². The molecule has 0 unspecified atom stereocenters. The highest BCUT2D eigenvalue weighted by Crippen LogP contribution is 2.08. The molecule has 0 aliphatic rings. The molecule has 0 fully saturated rings. The fourth-order valence-corrected chi connectivity index (χ4v) is 1.62. The second-order valence-electron chi connectivity index (χ2n) is 4.75. The molecule has 1 aromatic rings. The highest BCUT2D eigenvalue weighted by atomic mass is 16.2. The summed E-state index contributed by atoms with van der Waals surface area (Å²) in [4.78, 5) is 15.1. The summed E-state index contributed by atoms with van der Waals surface area (Å²) in [6.07, 6.45) is 1.05. The van der Waals surface area contributed by atoms with Crippen LogP contribution >= 0.6 is 0 Å². The van der Waals surface area contributed by atoms with E-state index in [4.69, 9.17) is 0 Å². The van der Waals surface area contributed by atoms with E-state index in [1.807, 2.05) is 7.05 Å². The van der Waals surface area contributed by atoms with Crippen molar-refractivity contribution in [3.05, 3.63) is 35.4 Å². The lowest BCUT2D eigenvalue weighted by atomic mass is 10.1. The van der Waals surface area contributed by atoms with Gasteiger partial charge in [0.25, 0.3) is 0 Å². The average molecular weight is 234 g/mol. The molecule has 0 saturated carbocycles. The first-order valence-corrected chi connectivity index (χ1v) is 5.93. The molecule has 17 heavy (non-hydrogen) atoms. The van der Waals surface area contributed by atoms with Crippen LogP contribution in [0.5, 0.6) is 0 Å². The van der Waals surface area contributed by atoms with Gasteiger partial charge in [0.1, 0.15) is 0 Å². The Morgan fingerprint density at radius 3 is 2.41 bits per heavy atom. The number of carbonyl (C=O) groups is 1. The first kappa shape index (κ1) is 13.7. The Kier molecular flexibility index (Phi) is 5.16. The standard InChI is InChI=1S/C14H22N2O/c1-12(17)16(4)11-14-7-5-6-13(10-14)8-9-15(2)3/h5-7,10H,8-9,11H2,1-4H3. The monoisotopic (exact) mass is 234 g/mol. The fourth-order valence-electron chi connectivity index (χ4n) is 1.62. The molecule has 1 rings (SSSR count). The molecule has 0 aromatic heterocycles. The highest BCUT2D eigenvalue weighted by Gasteiger charge is 2.04. The first-order valence-electron chi connectivity index (χ1n) is 5.93. The Labute approximate surface area is 104 Å². The molecule has 0 bridgehead atoms. The molecule has 0 atom stereocenters.